The molecule has 6 nitrogen and oxygen atoms in total. The highest BCUT2D eigenvalue weighted by atomic mass is 79.9. The van der Waals surface area contributed by atoms with Crippen molar-refractivity contribution in [3.05, 3.63) is 24.0 Å². The van der Waals surface area contributed by atoms with E-state index in [2.05, 4.69) is 20.7 Å². The van der Waals surface area contributed by atoms with E-state index in [-0.39, 0.29) is 18.0 Å². The number of nitrogens with one attached hydrogen (secondary N) is 1. The summed E-state index contributed by atoms with van der Waals surface area (Å²) < 4.78 is 67.5. The standard InChI is InChI=1S/C11H15BrFNO5S2/c1-20(15,16)9-2-3-10(13)11(8-9)21(17,18)14-5-7-19-6-4-12/h2-3,8,14H,4-7H2,1H3. The molecule has 0 saturated heterocycles. The van der Waals surface area contributed by atoms with Crippen LogP contribution in [0.15, 0.2) is 28.0 Å². The minimum Gasteiger partial charge on any atom is -0.379 e. The Labute approximate surface area is 131 Å². The van der Waals surface area contributed by atoms with Crippen molar-refractivity contribution in [2.75, 3.05) is 31.3 Å². The first-order chi connectivity index (χ1) is 9.68. The average molecular weight is 404 g/mol. The number of sulfonamides is 1. The van der Waals surface area contributed by atoms with Crippen molar-refractivity contribution in [3.63, 3.8) is 0 Å². The molecule has 10 heteroatoms. The summed E-state index contributed by atoms with van der Waals surface area (Å²) in [6.45, 7) is 0.496. The molecule has 0 aromatic heterocycles. The van der Waals surface area contributed by atoms with Gasteiger partial charge in [0.25, 0.3) is 0 Å². The summed E-state index contributed by atoms with van der Waals surface area (Å²) in [7, 11) is -7.77. The van der Waals surface area contributed by atoms with Crippen LogP contribution in [-0.4, -0.2) is 48.2 Å². The first-order valence-corrected chi connectivity index (χ1v) is 10.3. The summed E-state index contributed by atoms with van der Waals surface area (Å²) in [6, 6.07) is 2.63. The molecule has 0 radical (unpaired) electrons. The molecule has 0 bridgehead atoms. The lowest BCUT2D eigenvalue weighted by atomic mass is 10.3. The quantitative estimate of drug-likeness (QED) is 0.396. The van der Waals surface area contributed by atoms with Gasteiger partial charge >= 0.3 is 0 Å². The first-order valence-electron chi connectivity index (χ1n) is 5.81. The molecule has 0 atom stereocenters. The molecule has 0 aliphatic heterocycles. The number of sulfone groups is 1. The van der Waals surface area contributed by atoms with Crippen molar-refractivity contribution in [3.8, 4) is 0 Å². The number of halogens is 2. The molecule has 21 heavy (non-hydrogen) atoms. The molecule has 0 unspecified atom stereocenters. The van der Waals surface area contributed by atoms with Gasteiger partial charge in [-0.3, -0.25) is 0 Å². The van der Waals surface area contributed by atoms with Crippen LogP contribution in [0.1, 0.15) is 0 Å². The highest BCUT2D eigenvalue weighted by Gasteiger charge is 2.21. The van der Waals surface area contributed by atoms with Gasteiger partial charge in [-0.2, -0.15) is 0 Å². The van der Waals surface area contributed by atoms with E-state index in [0.717, 1.165) is 24.5 Å². The number of hydrogen-bond acceptors (Lipinski definition) is 5. The summed E-state index contributed by atoms with van der Waals surface area (Å²) in [5, 5.41) is 0.616. The third-order valence-corrected chi connectivity index (χ3v) is 5.29. The van der Waals surface area contributed by atoms with Crippen molar-refractivity contribution in [1.82, 2.24) is 4.72 Å². The van der Waals surface area contributed by atoms with Crippen LogP contribution in [0.3, 0.4) is 0 Å². The normalized spacial score (nSPS) is 12.5. The van der Waals surface area contributed by atoms with Crippen LogP contribution in [-0.2, 0) is 24.6 Å². The Bertz CT molecular complexity index is 691. The van der Waals surface area contributed by atoms with Gasteiger partial charge in [0.05, 0.1) is 18.1 Å². The predicted octanol–water partition coefficient (Wildman–Crippen LogP) is 0.919. The number of hydrogen-bond donors (Lipinski definition) is 1. The van der Waals surface area contributed by atoms with Gasteiger partial charge in [0, 0.05) is 18.1 Å². The summed E-state index contributed by atoms with van der Waals surface area (Å²) in [5.41, 5.74) is 0. The van der Waals surface area contributed by atoms with E-state index >= 15 is 0 Å². The van der Waals surface area contributed by atoms with E-state index < -0.39 is 30.6 Å². The Morgan fingerprint density at radius 1 is 1.24 bits per heavy atom. The second-order valence-electron chi connectivity index (χ2n) is 4.06. The van der Waals surface area contributed by atoms with Gasteiger partial charge in [0.2, 0.25) is 10.0 Å². The van der Waals surface area contributed by atoms with Gasteiger partial charge in [-0.1, -0.05) is 15.9 Å². The lowest BCUT2D eigenvalue weighted by Gasteiger charge is -2.09. The molecule has 0 aliphatic rings. The van der Waals surface area contributed by atoms with Crippen molar-refractivity contribution in [1.29, 1.82) is 0 Å². The molecule has 1 aromatic carbocycles. The highest BCUT2D eigenvalue weighted by molar-refractivity contribution is 9.09. The highest BCUT2D eigenvalue weighted by Crippen LogP contribution is 2.19. The lowest BCUT2D eigenvalue weighted by Crippen LogP contribution is -2.28. The molecule has 1 rings (SSSR count). The maximum absolute atomic E-state index is 13.6. The Hall–Kier alpha value is -0.550. The molecule has 0 fully saturated rings. The minimum absolute atomic E-state index is 0.0438. The van der Waals surface area contributed by atoms with Crippen LogP contribution in [0, 0.1) is 5.82 Å². The minimum atomic E-state index is -4.14. The van der Waals surface area contributed by atoms with Crippen LogP contribution in [0.2, 0.25) is 0 Å². The van der Waals surface area contributed by atoms with Crippen molar-refractivity contribution in [2.45, 2.75) is 9.79 Å². The maximum Gasteiger partial charge on any atom is 0.243 e. The van der Waals surface area contributed by atoms with Crippen LogP contribution in [0.25, 0.3) is 0 Å². The van der Waals surface area contributed by atoms with Gasteiger partial charge in [0.15, 0.2) is 9.84 Å². The Morgan fingerprint density at radius 2 is 1.90 bits per heavy atom. The van der Waals surface area contributed by atoms with Gasteiger partial charge < -0.3 is 4.74 Å². The van der Waals surface area contributed by atoms with Gasteiger partial charge in [-0.05, 0) is 18.2 Å². The van der Waals surface area contributed by atoms with E-state index in [4.69, 9.17) is 4.74 Å². The van der Waals surface area contributed by atoms with Gasteiger partial charge in [0.1, 0.15) is 10.7 Å². The number of alkyl halides is 1. The maximum atomic E-state index is 13.6. The molecular weight excluding hydrogens is 389 g/mol. The third kappa shape index (κ3) is 5.62. The zero-order valence-corrected chi connectivity index (χ0v) is 14.4. The van der Waals surface area contributed by atoms with E-state index in [0.29, 0.717) is 11.9 Å². The topological polar surface area (TPSA) is 89.5 Å². The molecule has 1 aromatic rings. The fraction of sp³-hybridized carbons (Fsp3) is 0.455. The molecule has 0 amide bonds. The zero-order valence-electron chi connectivity index (χ0n) is 11.2. The van der Waals surface area contributed by atoms with Gasteiger partial charge in [-0.15, -0.1) is 0 Å². The van der Waals surface area contributed by atoms with E-state index in [1.54, 1.807) is 0 Å². The van der Waals surface area contributed by atoms with Crippen LogP contribution in [0.4, 0.5) is 4.39 Å². The fourth-order valence-electron chi connectivity index (χ4n) is 1.40. The number of rotatable bonds is 8. The second-order valence-corrected chi connectivity index (χ2v) is 8.61. The molecule has 0 saturated carbocycles. The molecule has 1 N–H and O–H groups in total. The summed E-state index contributed by atoms with van der Waals surface area (Å²) >= 11 is 3.14. The van der Waals surface area contributed by atoms with Gasteiger partial charge in [-0.25, -0.2) is 25.9 Å². The smallest absolute Gasteiger partial charge is 0.243 e. The Morgan fingerprint density at radius 3 is 2.48 bits per heavy atom. The van der Waals surface area contributed by atoms with E-state index in [1.807, 2.05) is 0 Å². The van der Waals surface area contributed by atoms with E-state index in [9.17, 15) is 21.2 Å². The molecule has 120 valence electrons. The largest absolute Gasteiger partial charge is 0.379 e. The van der Waals surface area contributed by atoms with Crippen LogP contribution < -0.4 is 4.72 Å². The molecular formula is C11H15BrFNO5S2. The summed E-state index contributed by atoms with van der Waals surface area (Å²) in [5.74, 6) is -1.02. The fourth-order valence-corrected chi connectivity index (χ4v) is 3.47. The third-order valence-electron chi connectivity index (χ3n) is 2.38. The molecule has 0 aliphatic carbocycles. The summed E-state index contributed by atoms with van der Waals surface area (Å²) in [6.07, 6.45) is 0.915. The van der Waals surface area contributed by atoms with Crippen LogP contribution >= 0.6 is 15.9 Å². The SMILES string of the molecule is CS(=O)(=O)c1ccc(F)c(S(=O)(=O)NCCOCCBr)c1. The molecule has 0 spiro atoms. The second kappa shape index (κ2) is 7.63. The van der Waals surface area contributed by atoms with Crippen molar-refractivity contribution < 1.29 is 26.0 Å². The number of ether oxygens (including phenoxy) is 1. The predicted molar refractivity (Wildman–Crippen MR) is 79.3 cm³/mol. The van der Waals surface area contributed by atoms with Crippen molar-refractivity contribution in [2.24, 2.45) is 0 Å². The first kappa shape index (κ1) is 18.5. The van der Waals surface area contributed by atoms with Crippen molar-refractivity contribution >= 4 is 35.8 Å². The lowest BCUT2D eigenvalue weighted by molar-refractivity contribution is 0.156. The van der Waals surface area contributed by atoms with E-state index in [1.165, 1.54) is 0 Å². The number of benzene rings is 1. The zero-order chi connectivity index (χ0) is 16.1. The molecule has 0 heterocycles. The monoisotopic (exact) mass is 403 g/mol. The van der Waals surface area contributed by atoms with Crippen LogP contribution in [0.5, 0.6) is 0 Å². The Kier molecular flexibility index (Phi) is 6.72. The average Bonchev–Trinajstić information content (AvgIpc) is 2.37. The summed E-state index contributed by atoms with van der Waals surface area (Å²) in [4.78, 5) is -0.967. The Balaban J connectivity index is 2.92.